The standard InChI is InChI=1S/C13H17BrN2O/c1-10(2)9-17-4-3-16-13-6-11(8-15)5-12(14)7-13/h5-7,10,16H,3-4,9H2,1-2H3. The molecule has 0 aliphatic carbocycles. The molecule has 0 saturated carbocycles. The van der Waals surface area contributed by atoms with E-state index in [1.807, 2.05) is 12.1 Å². The van der Waals surface area contributed by atoms with E-state index in [0.717, 1.165) is 23.3 Å². The molecule has 0 amide bonds. The van der Waals surface area contributed by atoms with Crippen LogP contribution in [0.1, 0.15) is 19.4 Å². The van der Waals surface area contributed by atoms with Gasteiger partial charge in [0.1, 0.15) is 0 Å². The Morgan fingerprint density at radius 1 is 1.41 bits per heavy atom. The van der Waals surface area contributed by atoms with Gasteiger partial charge in [0.25, 0.3) is 0 Å². The van der Waals surface area contributed by atoms with E-state index in [1.165, 1.54) is 0 Å². The summed E-state index contributed by atoms with van der Waals surface area (Å²) >= 11 is 3.37. The first-order valence-electron chi connectivity index (χ1n) is 5.64. The lowest BCUT2D eigenvalue weighted by atomic mass is 10.2. The van der Waals surface area contributed by atoms with Crippen molar-refractivity contribution in [1.29, 1.82) is 5.26 Å². The van der Waals surface area contributed by atoms with E-state index in [1.54, 1.807) is 6.07 Å². The van der Waals surface area contributed by atoms with Crippen molar-refractivity contribution in [3.8, 4) is 6.07 Å². The lowest BCUT2D eigenvalue weighted by Gasteiger charge is -2.09. The highest BCUT2D eigenvalue weighted by atomic mass is 79.9. The predicted molar refractivity (Wildman–Crippen MR) is 73.0 cm³/mol. The van der Waals surface area contributed by atoms with Crippen LogP contribution in [0.15, 0.2) is 22.7 Å². The molecule has 92 valence electrons. The number of benzene rings is 1. The summed E-state index contributed by atoms with van der Waals surface area (Å²) in [5.74, 6) is 0.561. The van der Waals surface area contributed by atoms with Gasteiger partial charge in [0, 0.05) is 23.3 Å². The molecule has 0 spiro atoms. The summed E-state index contributed by atoms with van der Waals surface area (Å²) in [6.07, 6.45) is 0. The third kappa shape index (κ3) is 5.71. The number of rotatable bonds is 6. The number of nitrogens with one attached hydrogen (secondary N) is 1. The molecule has 0 radical (unpaired) electrons. The van der Waals surface area contributed by atoms with Crippen LogP contribution < -0.4 is 5.32 Å². The van der Waals surface area contributed by atoms with Crippen molar-refractivity contribution >= 4 is 21.6 Å². The summed E-state index contributed by atoms with van der Waals surface area (Å²) in [6, 6.07) is 7.69. The van der Waals surface area contributed by atoms with E-state index < -0.39 is 0 Å². The zero-order chi connectivity index (χ0) is 12.7. The fourth-order valence-corrected chi connectivity index (χ4v) is 1.84. The Bertz CT molecular complexity index is 399. The highest BCUT2D eigenvalue weighted by molar-refractivity contribution is 9.10. The van der Waals surface area contributed by atoms with Crippen LogP contribution in [0.5, 0.6) is 0 Å². The van der Waals surface area contributed by atoms with Crippen LogP contribution in [0.4, 0.5) is 5.69 Å². The number of hydrogen-bond donors (Lipinski definition) is 1. The van der Waals surface area contributed by atoms with Gasteiger partial charge >= 0.3 is 0 Å². The monoisotopic (exact) mass is 296 g/mol. The summed E-state index contributed by atoms with van der Waals surface area (Å²) in [5, 5.41) is 12.1. The van der Waals surface area contributed by atoms with Crippen LogP contribution >= 0.6 is 15.9 Å². The van der Waals surface area contributed by atoms with Crippen molar-refractivity contribution < 1.29 is 4.74 Å². The number of hydrogen-bond acceptors (Lipinski definition) is 3. The highest BCUT2D eigenvalue weighted by Gasteiger charge is 1.99. The van der Waals surface area contributed by atoms with Crippen LogP contribution in [-0.2, 0) is 4.74 Å². The molecular formula is C13H17BrN2O. The lowest BCUT2D eigenvalue weighted by molar-refractivity contribution is 0.118. The first-order valence-corrected chi connectivity index (χ1v) is 6.43. The van der Waals surface area contributed by atoms with Gasteiger partial charge in [-0.25, -0.2) is 0 Å². The van der Waals surface area contributed by atoms with Gasteiger partial charge in [-0.05, 0) is 24.1 Å². The molecule has 0 aromatic heterocycles. The quantitative estimate of drug-likeness (QED) is 0.818. The van der Waals surface area contributed by atoms with Crippen molar-refractivity contribution in [3.05, 3.63) is 28.2 Å². The van der Waals surface area contributed by atoms with E-state index >= 15 is 0 Å². The topological polar surface area (TPSA) is 45.0 Å². The molecule has 0 fully saturated rings. The Balaban J connectivity index is 2.37. The molecule has 17 heavy (non-hydrogen) atoms. The number of anilines is 1. The largest absolute Gasteiger partial charge is 0.383 e. The molecule has 0 saturated heterocycles. The Morgan fingerprint density at radius 3 is 2.82 bits per heavy atom. The van der Waals surface area contributed by atoms with E-state index in [9.17, 15) is 0 Å². The SMILES string of the molecule is CC(C)COCCNc1cc(Br)cc(C#N)c1. The average molecular weight is 297 g/mol. The van der Waals surface area contributed by atoms with E-state index in [0.29, 0.717) is 18.1 Å². The van der Waals surface area contributed by atoms with Crippen molar-refractivity contribution in [1.82, 2.24) is 0 Å². The molecule has 0 heterocycles. The fraction of sp³-hybridized carbons (Fsp3) is 0.462. The molecular weight excluding hydrogens is 280 g/mol. The second-order valence-corrected chi connectivity index (χ2v) is 5.15. The molecule has 0 bridgehead atoms. The van der Waals surface area contributed by atoms with Crippen LogP contribution in [0.2, 0.25) is 0 Å². The maximum Gasteiger partial charge on any atom is 0.0992 e. The van der Waals surface area contributed by atoms with Gasteiger partial charge in [-0.1, -0.05) is 29.8 Å². The third-order valence-electron chi connectivity index (χ3n) is 2.05. The molecule has 0 aliphatic rings. The van der Waals surface area contributed by atoms with Crippen LogP contribution in [-0.4, -0.2) is 19.8 Å². The molecule has 4 heteroatoms. The molecule has 0 unspecified atom stereocenters. The minimum atomic E-state index is 0.561. The molecule has 3 nitrogen and oxygen atoms in total. The van der Waals surface area contributed by atoms with Gasteiger partial charge in [0.2, 0.25) is 0 Å². The second kappa shape index (κ2) is 7.31. The Labute approximate surface area is 111 Å². The summed E-state index contributed by atoms with van der Waals surface area (Å²) in [6.45, 7) is 6.45. The molecule has 1 aromatic carbocycles. The van der Waals surface area contributed by atoms with Crippen molar-refractivity contribution in [2.24, 2.45) is 5.92 Å². The van der Waals surface area contributed by atoms with Gasteiger partial charge in [-0.3, -0.25) is 0 Å². The second-order valence-electron chi connectivity index (χ2n) is 4.24. The first-order chi connectivity index (χ1) is 8.11. The summed E-state index contributed by atoms with van der Waals surface area (Å²) in [4.78, 5) is 0. The van der Waals surface area contributed by atoms with Crippen molar-refractivity contribution in [2.75, 3.05) is 25.1 Å². The Hall–Kier alpha value is -1.05. The van der Waals surface area contributed by atoms with Crippen LogP contribution in [0, 0.1) is 17.2 Å². The molecule has 1 N–H and O–H groups in total. The number of halogens is 1. The Morgan fingerprint density at radius 2 is 2.18 bits per heavy atom. The highest BCUT2D eigenvalue weighted by Crippen LogP contribution is 2.18. The normalized spacial score (nSPS) is 10.3. The van der Waals surface area contributed by atoms with Gasteiger partial charge < -0.3 is 10.1 Å². The van der Waals surface area contributed by atoms with Crippen molar-refractivity contribution in [3.63, 3.8) is 0 Å². The number of nitriles is 1. The number of nitrogens with zero attached hydrogens (tertiary/aromatic N) is 1. The van der Waals surface area contributed by atoms with E-state index in [-0.39, 0.29) is 0 Å². The maximum absolute atomic E-state index is 8.83. The van der Waals surface area contributed by atoms with Gasteiger partial charge in [0.05, 0.1) is 18.2 Å². The third-order valence-corrected chi connectivity index (χ3v) is 2.51. The van der Waals surface area contributed by atoms with E-state index in [2.05, 4.69) is 41.2 Å². The Kier molecular flexibility index (Phi) is 6.03. The van der Waals surface area contributed by atoms with Crippen LogP contribution in [0.3, 0.4) is 0 Å². The maximum atomic E-state index is 8.83. The van der Waals surface area contributed by atoms with Crippen molar-refractivity contribution in [2.45, 2.75) is 13.8 Å². The first kappa shape index (κ1) is 14.0. The smallest absolute Gasteiger partial charge is 0.0992 e. The van der Waals surface area contributed by atoms with Crippen LogP contribution in [0.25, 0.3) is 0 Å². The fourth-order valence-electron chi connectivity index (χ4n) is 1.34. The minimum absolute atomic E-state index is 0.561. The molecule has 1 aromatic rings. The van der Waals surface area contributed by atoms with Gasteiger partial charge in [-0.15, -0.1) is 0 Å². The molecule has 1 rings (SSSR count). The number of ether oxygens (including phenoxy) is 1. The minimum Gasteiger partial charge on any atom is -0.383 e. The van der Waals surface area contributed by atoms with Gasteiger partial charge in [0.15, 0.2) is 0 Å². The molecule has 0 aliphatic heterocycles. The average Bonchev–Trinajstić information content (AvgIpc) is 2.27. The zero-order valence-corrected chi connectivity index (χ0v) is 11.8. The molecule has 0 atom stereocenters. The van der Waals surface area contributed by atoms with Gasteiger partial charge in [-0.2, -0.15) is 5.26 Å². The lowest BCUT2D eigenvalue weighted by Crippen LogP contribution is -2.12. The summed E-state index contributed by atoms with van der Waals surface area (Å²) in [7, 11) is 0. The predicted octanol–water partition coefficient (Wildman–Crippen LogP) is 3.41. The summed E-state index contributed by atoms with van der Waals surface area (Å²) in [5.41, 5.74) is 1.58. The van der Waals surface area contributed by atoms with E-state index in [4.69, 9.17) is 10.00 Å². The summed E-state index contributed by atoms with van der Waals surface area (Å²) < 4.78 is 6.37. The zero-order valence-electron chi connectivity index (χ0n) is 10.2.